The minimum Gasteiger partial charge on any atom is -0.477 e. The zero-order valence-electron chi connectivity index (χ0n) is 19.3. The maximum absolute atomic E-state index is 13.5. The van der Waals surface area contributed by atoms with Crippen LogP contribution < -0.4 is 10.1 Å². The standard InChI is InChI=1S/C24H21F3N6O3/c1-14-9-20(36-13-23(2)11-35-12-23)30-22(29-14)31-21(34)18-10-28-19-8-7-17(32-33(18)19)15-5-3-4-6-16(15)24(25,26)27/h3-10H,11-13H2,1-2H3,(H,29,30,31,34). The molecule has 1 saturated heterocycles. The van der Waals surface area contributed by atoms with Gasteiger partial charge in [0.05, 0.1) is 37.3 Å². The molecule has 0 radical (unpaired) electrons. The third kappa shape index (κ3) is 4.71. The lowest BCUT2D eigenvalue weighted by Gasteiger charge is -2.37. The van der Waals surface area contributed by atoms with Crippen molar-refractivity contribution in [2.75, 3.05) is 25.1 Å². The molecular weight excluding hydrogens is 477 g/mol. The number of imidazole rings is 1. The largest absolute Gasteiger partial charge is 0.477 e. The van der Waals surface area contributed by atoms with Crippen molar-refractivity contribution in [2.45, 2.75) is 20.0 Å². The maximum Gasteiger partial charge on any atom is 0.417 e. The summed E-state index contributed by atoms with van der Waals surface area (Å²) in [5.74, 6) is -0.320. The van der Waals surface area contributed by atoms with Crippen molar-refractivity contribution in [1.82, 2.24) is 24.6 Å². The Labute approximate surface area is 203 Å². The highest BCUT2D eigenvalue weighted by Crippen LogP contribution is 2.36. The van der Waals surface area contributed by atoms with Crippen LogP contribution in [0.15, 0.2) is 48.7 Å². The van der Waals surface area contributed by atoms with E-state index in [1.807, 2.05) is 6.92 Å². The summed E-state index contributed by atoms with van der Waals surface area (Å²) in [6, 6.07) is 9.67. The van der Waals surface area contributed by atoms with E-state index in [2.05, 4.69) is 25.4 Å². The molecule has 1 N–H and O–H groups in total. The van der Waals surface area contributed by atoms with Crippen LogP contribution in [0.5, 0.6) is 5.88 Å². The van der Waals surface area contributed by atoms with Gasteiger partial charge in [-0.1, -0.05) is 25.1 Å². The number of hydrogen-bond donors (Lipinski definition) is 1. The number of nitrogens with one attached hydrogen (secondary N) is 1. The summed E-state index contributed by atoms with van der Waals surface area (Å²) in [5.41, 5.74) is -0.118. The van der Waals surface area contributed by atoms with Gasteiger partial charge in [0.2, 0.25) is 11.8 Å². The third-order valence-electron chi connectivity index (χ3n) is 5.63. The fourth-order valence-corrected chi connectivity index (χ4v) is 3.74. The van der Waals surface area contributed by atoms with Crippen molar-refractivity contribution in [3.05, 3.63) is 65.6 Å². The summed E-state index contributed by atoms with van der Waals surface area (Å²) in [4.78, 5) is 25.6. The van der Waals surface area contributed by atoms with Crippen molar-refractivity contribution in [2.24, 2.45) is 5.41 Å². The molecule has 12 heteroatoms. The van der Waals surface area contributed by atoms with Gasteiger partial charge in [-0.05, 0) is 25.1 Å². The van der Waals surface area contributed by atoms with Crippen molar-refractivity contribution < 1.29 is 27.4 Å². The van der Waals surface area contributed by atoms with Gasteiger partial charge in [0.15, 0.2) is 11.3 Å². The van der Waals surface area contributed by atoms with Crippen LogP contribution in [0.2, 0.25) is 0 Å². The molecule has 0 atom stereocenters. The van der Waals surface area contributed by atoms with Crippen LogP contribution in [0.25, 0.3) is 16.9 Å². The van der Waals surface area contributed by atoms with Crippen LogP contribution in [-0.2, 0) is 10.9 Å². The molecule has 36 heavy (non-hydrogen) atoms. The van der Waals surface area contributed by atoms with E-state index in [9.17, 15) is 18.0 Å². The molecule has 0 saturated carbocycles. The molecule has 1 aromatic carbocycles. The SMILES string of the molecule is Cc1cc(OCC2(C)COC2)nc(NC(=O)c2cnc3ccc(-c4ccccc4C(F)(F)F)nn23)n1. The van der Waals surface area contributed by atoms with E-state index in [1.54, 1.807) is 13.0 Å². The van der Waals surface area contributed by atoms with Gasteiger partial charge in [-0.3, -0.25) is 10.1 Å². The molecule has 0 bridgehead atoms. The van der Waals surface area contributed by atoms with E-state index < -0.39 is 17.6 Å². The first-order valence-corrected chi connectivity index (χ1v) is 11.0. The highest BCUT2D eigenvalue weighted by Gasteiger charge is 2.35. The van der Waals surface area contributed by atoms with Crippen LogP contribution in [0.3, 0.4) is 0 Å². The lowest BCUT2D eigenvalue weighted by Crippen LogP contribution is -2.44. The second-order valence-corrected chi connectivity index (χ2v) is 8.89. The van der Waals surface area contributed by atoms with Gasteiger partial charge in [0.1, 0.15) is 0 Å². The smallest absolute Gasteiger partial charge is 0.417 e. The Kier molecular flexibility index (Phi) is 5.83. The quantitative estimate of drug-likeness (QED) is 0.425. The number of ether oxygens (including phenoxy) is 2. The van der Waals surface area contributed by atoms with Gasteiger partial charge in [0.25, 0.3) is 5.91 Å². The minimum atomic E-state index is -4.56. The van der Waals surface area contributed by atoms with Crippen LogP contribution >= 0.6 is 0 Å². The summed E-state index contributed by atoms with van der Waals surface area (Å²) in [6.45, 7) is 5.36. The second-order valence-electron chi connectivity index (χ2n) is 8.89. The number of nitrogens with zero attached hydrogens (tertiary/aromatic N) is 5. The topological polar surface area (TPSA) is 104 Å². The molecule has 1 fully saturated rings. The Bertz CT molecular complexity index is 1450. The molecule has 0 spiro atoms. The van der Waals surface area contributed by atoms with E-state index in [0.29, 0.717) is 37.0 Å². The highest BCUT2D eigenvalue weighted by molar-refractivity contribution is 6.02. The van der Waals surface area contributed by atoms with Gasteiger partial charge in [-0.25, -0.2) is 14.5 Å². The number of alkyl halides is 3. The van der Waals surface area contributed by atoms with Gasteiger partial charge >= 0.3 is 6.18 Å². The van der Waals surface area contributed by atoms with Crippen molar-refractivity contribution in [3.8, 4) is 17.1 Å². The molecular formula is C24H21F3N6O3. The number of benzene rings is 1. The monoisotopic (exact) mass is 498 g/mol. The summed E-state index contributed by atoms with van der Waals surface area (Å²) in [5, 5.41) is 6.86. The summed E-state index contributed by atoms with van der Waals surface area (Å²) in [6.07, 6.45) is -3.28. The van der Waals surface area contributed by atoms with Gasteiger partial charge in [-0.15, -0.1) is 0 Å². The first-order valence-electron chi connectivity index (χ1n) is 11.0. The molecule has 0 aliphatic carbocycles. The normalized spacial score (nSPS) is 14.9. The van der Waals surface area contributed by atoms with Crippen LogP contribution in [0, 0.1) is 12.3 Å². The molecule has 0 unspecified atom stereocenters. The number of fused-ring (bicyclic) bond motifs is 1. The number of halogens is 3. The Hall–Kier alpha value is -4.06. The number of rotatable bonds is 6. The van der Waals surface area contributed by atoms with Gasteiger partial charge in [-0.2, -0.15) is 23.3 Å². The number of aryl methyl sites for hydroxylation is 1. The average molecular weight is 498 g/mol. The number of anilines is 1. The molecule has 3 aromatic heterocycles. The predicted molar refractivity (Wildman–Crippen MR) is 123 cm³/mol. The molecule has 1 amide bonds. The van der Waals surface area contributed by atoms with Crippen LogP contribution in [0.4, 0.5) is 19.1 Å². The first kappa shape index (κ1) is 23.7. The van der Waals surface area contributed by atoms with Gasteiger partial charge < -0.3 is 9.47 Å². The van der Waals surface area contributed by atoms with E-state index >= 15 is 0 Å². The highest BCUT2D eigenvalue weighted by atomic mass is 19.4. The molecule has 4 heterocycles. The van der Waals surface area contributed by atoms with E-state index in [1.165, 1.54) is 41.0 Å². The number of aromatic nitrogens is 5. The predicted octanol–water partition coefficient (Wildman–Crippen LogP) is 4.18. The van der Waals surface area contributed by atoms with Crippen molar-refractivity contribution >= 4 is 17.5 Å². The molecule has 186 valence electrons. The van der Waals surface area contributed by atoms with E-state index in [4.69, 9.17) is 9.47 Å². The fraction of sp³-hybridized carbons (Fsp3) is 0.292. The van der Waals surface area contributed by atoms with Crippen LogP contribution in [-0.4, -0.2) is 50.3 Å². The lowest BCUT2D eigenvalue weighted by atomic mass is 9.90. The molecule has 9 nitrogen and oxygen atoms in total. The lowest BCUT2D eigenvalue weighted by molar-refractivity contribution is -0.137. The Balaban J connectivity index is 1.41. The Morgan fingerprint density at radius 2 is 1.97 bits per heavy atom. The second kappa shape index (κ2) is 8.86. The molecule has 1 aliphatic heterocycles. The van der Waals surface area contributed by atoms with Gasteiger partial charge in [0, 0.05) is 22.7 Å². The summed E-state index contributed by atoms with van der Waals surface area (Å²) >= 11 is 0. The van der Waals surface area contributed by atoms with Crippen molar-refractivity contribution in [1.29, 1.82) is 0 Å². The van der Waals surface area contributed by atoms with E-state index in [-0.39, 0.29) is 28.3 Å². The van der Waals surface area contributed by atoms with Crippen LogP contribution in [0.1, 0.15) is 28.7 Å². The Morgan fingerprint density at radius 1 is 1.19 bits per heavy atom. The zero-order chi connectivity index (χ0) is 25.5. The average Bonchev–Trinajstić information content (AvgIpc) is 3.24. The minimum absolute atomic E-state index is 0.00282. The molecule has 4 aromatic rings. The maximum atomic E-state index is 13.5. The molecule has 5 rings (SSSR count). The first-order chi connectivity index (χ1) is 17.1. The third-order valence-corrected chi connectivity index (χ3v) is 5.63. The fourth-order valence-electron chi connectivity index (χ4n) is 3.74. The van der Waals surface area contributed by atoms with E-state index in [0.717, 1.165) is 6.07 Å². The van der Waals surface area contributed by atoms with Crippen molar-refractivity contribution in [3.63, 3.8) is 0 Å². The summed E-state index contributed by atoms with van der Waals surface area (Å²) in [7, 11) is 0. The zero-order valence-corrected chi connectivity index (χ0v) is 19.3. The Morgan fingerprint density at radius 3 is 2.69 bits per heavy atom. The number of hydrogen-bond acceptors (Lipinski definition) is 7. The number of amides is 1. The summed E-state index contributed by atoms with van der Waals surface area (Å²) < 4.78 is 52.7. The number of carbonyl (C=O) groups excluding carboxylic acids is 1. The molecule has 1 aliphatic rings. The number of carbonyl (C=O) groups is 1.